The lowest BCUT2D eigenvalue weighted by Gasteiger charge is -2.25. The van der Waals surface area contributed by atoms with Gasteiger partial charge in [-0.05, 0) is 37.1 Å². The third kappa shape index (κ3) is 2.49. The second kappa shape index (κ2) is 5.24. The highest BCUT2D eigenvalue weighted by atomic mass is 79.9. The Morgan fingerprint density at radius 2 is 2.17 bits per heavy atom. The molecule has 2 rings (SSSR count). The molecule has 2 aromatic rings. The van der Waals surface area contributed by atoms with Crippen molar-refractivity contribution in [2.45, 2.75) is 32.4 Å². The molecule has 1 unspecified atom stereocenters. The predicted octanol–water partition coefficient (Wildman–Crippen LogP) is 3.31. The Balaban J connectivity index is 2.44. The van der Waals surface area contributed by atoms with Crippen molar-refractivity contribution in [1.82, 2.24) is 9.78 Å². The standard InChI is InChI=1S/C14H17BrN2O/c1-3-9-17-13(7-8-16-17)14(2,18)11-5-4-6-12(15)10-11/h4-8,10,18H,3,9H2,1-2H3. The van der Waals surface area contributed by atoms with E-state index >= 15 is 0 Å². The second-order valence-corrected chi connectivity index (χ2v) is 5.44. The molecule has 4 heteroatoms. The molecule has 0 amide bonds. The Hall–Kier alpha value is -1.13. The van der Waals surface area contributed by atoms with Gasteiger partial charge in [0.15, 0.2) is 0 Å². The summed E-state index contributed by atoms with van der Waals surface area (Å²) >= 11 is 3.43. The number of benzene rings is 1. The van der Waals surface area contributed by atoms with Gasteiger partial charge < -0.3 is 5.11 Å². The Morgan fingerprint density at radius 3 is 2.83 bits per heavy atom. The number of rotatable bonds is 4. The van der Waals surface area contributed by atoms with Gasteiger partial charge in [-0.2, -0.15) is 5.10 Å². The van der Waals surface area contributed by atoms with E-state index in [1.54, 1.807) is 13.1 Å². The van der Waals surface area contributed by atoms with Crippen molar-refractivity contribution in [3.8, 4) is 0 Å². The van der Waals surface area contributed by atoms with E-state index in [4.69, 9.17) is 0 Å². The molecular formula is C14H17BrN2O. The smallest absolute Gasteiger partial charge is 0.128 e. The molecule has 0 saturated carbocycles. The molecule has 0 fully saturated rings. The van der Waals surface area contributed by atoms with E-state index in [9.17, 15) is 5.11 Å². The summed E-state index contributed by atoms with van der Waals surface area (Å²) in [5, 5.41) is 15.1. The van der Waals surface area contributed by atoms with Crippen LogP contribution in [-0.2, 0) is 12.1 Å². The first kappa shape index (κ1) is 13.3. The SMILES string of the molecule is CCCn1nccc1C(C)(O)c1cccc(Br)c1. The lowest BCUT2D eigenvalue weighted by Crippen LogP contribution is -2.27. The van der Waals surface area contributed by atoms with Crippen LogP contribution in [0, 0.1) is 0 Å². The zero-order valence-electron chi connectivity index (χ0n) is 10.6. The summed E-state index contributed by atoms with van der Waals surface area (Å²) in [5.41, 5.74) is 0.646. The van der Waals surface area contributed by atoms with Crippen LogP contribution in [0.3, 0.4) is 0 Å². The second-order valence-electron chi connectivity index (χ2n) is 4.52. The molecule has 1 aromatic heterocycles. The van der Waals surface area contributed by atoms with Gasteiger partial charge in [0.2, 0.25) is 0 Å². The summed E-state index contributed by atoms with van der Waals surface area (Å²) in [5.74, 6) is 0. The number of hydrogen-bond acceptors (Lipinski definition) is 2. The summed E-state index contributed by atoms with van der Waals surface area (Å²) in [6, 6.07) is 9.60. The Labute approximate surface area is 116 Å². The van der Waals surface area contributed by atoms with Crippen molar-refractivity contribution < 1.29 is 5.11 Å². The maximum atomic E-state index is 10.8. The number of aryl methyl sites for hydroxylation is 1. The van der Waals surface area contributed by atoms with Crippen LogP contribution in [-0.4, -0.2) is 14.9 Å². The van der Waals surface area contributed by atoms with E-state index in [-0.39, 0.29) is 0 Å². The summed E-state index contributed by atoms with van der Waals surface area (Å²) in [6.45, 7) is 4.71. The first-order valence-electron chi connectivity index (χ1n) is 6.06. The number of aromatic nitrogens is 2. The Bertz CT molecular complexity index is 534. The van der Waals surface area contributed by atoms with Crippen molar-refractivity contribution in [1.29, 1.82) is 0 Å². The fourth-order valence-corrected chi connectivity index (χ4v) is 2.47. The predicted molar refractivity (Wildman–Crippen MR) is 75.3 cm³/mol. The Kier molecular flexibility index (Phi) is 3.88. The lowest BCUT2D eigenvalue weighted by atomic mass is 9.92. The summed E-state index contributed by atoms with van der Waals surface area (Å²) in [6.07, 6.45) is 2.72. The number of halogens is 1. The fraction of sp³-hybridized carbons (Fsp3) is 0.357. The van der Waals surface area contributed by atoms with Crippen LogP contribution in [0.2, 0.25) is 0 Å². The number of nitrogens with zero attached hydrogens (tertiary/aromatic N) is 2. The molecule has 0 bridgehead atoms. The monoisotopic (exact) mass is 308 g/mol. The molecule has 3 nitrogen and oxygen atoms in total. The van der Waals surface area contributed by atoms with Gasteiger partial charge in [0, 0.05) is 17.2 Å². The topological polar surface area (TPSA) is 38.0 Å². The van der Waals surface area contributed by atoms with Crippen LogP contribution in [0.15, 0.2) is 41.0 Å². The average molecular weight is 309 g/mol. The van der Waals surface area contributed by atoms with Crippen molar-refractivity contribution in [3.05, 3.63) is 52.3 Å². The van der Waals surface area contributed by atoms with Crippen molar-refractivity contribution in [2.24, 2.45) is 0 Å². The maximum absolute atomic E-state index is 10.8. The van der Waals surface area contributed by atoms with E-state index in [1.165, 1.54) is 0 Å². The maximum Gasteiger partial charge on any atom is 0.128 e. The highest BCUT2D eigenvalue weighted by Crippen LogP contribution is 2.30. The van der Waals surface area contributed by atoms with Gasteiger partial charge in [0.05, 0.1) is 5.69 Å². The van der Waals surface area contributed by atoms with E-state index in [0.717, 1.165) is 28.7 Å². The number of hydrogen-bond donors (Lipinski definition) is 1. The third-order valence-electron chi connectivity index (χ3n) is 3.04. The quantitative estimate of drug-likeness (QED) is 0.941. The van der Waals surface area contributed by atoms with Crippen molar-refractivity contribution in [3.63, 3.8) is 0 Å². The van der Waals surface area contributed by atoms with Crippen LogP contribution in [0.1, 0.15) is 31.5 Å². The first-order chi connectivity index (χ1) is 8.55. The summed E-state index contributed by atoms with van der Waals surface area (Å²) in [4.78, 5) is 0. The van der Waals surface area contributed by atoms with E-state index in [0.29, 0.717) is 0 Å². The molecule has 0 radical (unpaired) electrons. The van der Waals surface area contributed by atoms with Crippen LogP contribution >= 0.6 is 15.9 Å². The van der Waals surface area contributed by atoms with Crippen molar-refractivity contribution in [2.75, 3.05) is 0 Å². The zero-order chi connectivity index (χ0) is 13.2. The van der Waals surface area contributed by atoms with Gasteiger partial charge in [-0.3, -0.25) is 4.68 Å². The average Bonchev–Trinajstić information content (AvgIpc) is 2.78. The van der Waals surface area contributed by atoms with Gasteiger partial charge in [-0.15, -0.1) is 0 Å². The molecule has 0 spiro atoms. The fourth-order valence-electron chi connectivity index (χ4n) is 2.08. The first-order valence-corrected chi connectivity index (χ1v) is 6.85. The van der Waals surface area contributed by atoms with Crippen LogP contribution in [0.4, 0.5) is 0 Å². The van der Waals surface area contributed by atoms with E-state index in [2.05, 4.69) is 28.0 Å². The molecular weight excluding hydrogens is 292 g/mol. The van der Waals surface area contributed by atoms with Crippen LogP contribution in [0.5, 0.6) is 0 Å². The van der Waals surface area contributed by atoms with Crippen LogP contribution < -0.4 is 0 Å². The van der Waals surface area contributed by atoms with Crippen LogP contribution in [0.25, 0.3) is 0 Å². The summed E-state index contributed by atoms with van der Waals surface area (Å²) < 4.78 is 2.82. The normalized spacial score (nSPS) is 14.4. The molecule has 0 aliphatic carbocycles. The molecule has 18 heavy (non-hydrogen) atoms. The molecule has 1 heterocycles. The lowest BCUT2D eigenvalue weighted by molar-refractivity contribution is 0.0913. The van der Waals surface area contributed by atoms with Gasteiger partial charge >= 0.3 is 0 Å². The molecule has 0 aliphatic rings. The minimum atomic E-state index is -1.03. The molecule has 96 valence electrons. The Morgan fingerprint density at radius 1 is 1.39 bits per heavy atom. The zero-order valence-corrected chi connectivity index (χ0v) is 12.2. The number of aliphatic hydroxyl groups is 1. The molecule has 0 saturated heterocycles. The minimum absolute atomic E-state index is 0.812. The molecule has 0 aliphatic heterocycles. The highest BCUT2D eigenvalue weighted by Gasteiger charge is 2.29. The molecule has 1 atom stereocenters. The van der Waals surface area contributed by atoms with Gasteiger partial charge in [-0.25, -0.2) is 0 Å². The van der Waals surface area contributed by atoms with Crippen molar-refractivity contribution >= 4 is 15.9 Å². The highest BCUT2D eigenvalue weighted by molar-refractivity contribution is 9.10. The van der Waals surface area contributed by atoms with Gasteiger partial charge in [-0.1, -0.05) is 35.0 Å². The molecule has 1 aromatic carbocycles. The molecule has 1 N–H and O–H groups in total. The van der Waals surface area contributed by atoms with Gasteiger partial charge in [0.25, 0.3) is 0 Å². The minimum Gasteiger partial charge on any atom is -0.379 e. The summed E-state index contributed by atoms with van der Waals surface area (Å²) in [7, 11) is 0. The van der Waals surface area contributed by atoms with E-state index < -0.39 is 5.60 Å². The van der Waals surface area contributed by atoms with Gasteiger partial charge in [0.1, 0.15) is 5.60 Å². The van der Waals surface area contributed by atoms with E-state index in [1.807, 2.05) is 35.0 Å². The largest absolute Gasteiger partial charge is 0.379 e. The third-order valence-corrected chi connectivity index (χ3v) is 3.53.